The van der Waals surface area contributed by atoms with Crippen LogP contribution in [0.5, 0.6) is 5.75 Å². The van der Waals surface area contributed by atoms with Crippen LogP contribution >= 0.6 is 11.6 Å². The van der Waals surface area contributed by atoms with Crippen molar-refractivity contribution in [3.05, 3.63) is 70.1 Å². The second kappa shape index (κ2) is 8.21. The van der Waals surface area contributed by atoms with Crippen molar-refractivity contribution in [2.75, 3.05) is 13.2 Å². The maximum Gasteiger partial charge on any atom is 0.493 e. The monoisotopic (exact) mass is 489 g/mol. The molecule has 11 heteroatoms. The number of pyridine rings is 1. The molecule has 0 spiro atoms. The molecule has 0 radical (unpaired) electrons. The predicted molar refractivity (Wildman–Crippen MR) is 116 cm³/mol. The van der Waals surface area contributed by atoms with Gasteiger partial charge in [-0.05, 0) is 42.5 Å². The molecule has 2 aliphatic rings. The molecule has 0 unspecified atom stereocenters. The third kappa shape index (κ3) is 4.01. The van der Waals surface area contributed by atoms with Gasteiger partial charge in [0.15, 0.2) is 0 Å². The van der Waals surface area contributed by atoms with Gasteiger partial charge in [0.1, 0.15) is 12.4 Å². The highest BCUT2D eigenvalue weighted by Crippen LogP contribution is 2.34. The Kier molecular flexibility index (Phi) is 5.32. The van der Waals surface area contributed by atoms with E-state index in [0.717, 1.165) is 10.3 Å². The lowest BCUT2D eigenvalue weighted by Gasteiger charge is -2.19. The lowest BCUT2D eigenvalue weighted by molar-refractivity contribution is -0.199. The number of carbonyl (C=O) groups excluding carboxylic acids is 2. The summed E-state index contributed by atoms with van der Waals surface area (Å²) >= 11 is 6.07. The third-order valence-electron chi connectivity index (χ3n) is 5.42. The molecule has 1 amide bonds. The average Bonchev–Trinajstić information content (AvgIpc) is 3.18. The normalized spacial score (nSPS) is 14.9. The first kappa shape index (κ1) is 22.0. The Balaban J connectivity index is 1.58. The Morgan fingerprint density at radius 3 is 2.82 bits per heavy atom. The van der Waals surface area contributed by atoms with Crippen LogP contribution in [0.3, 0.4) is 0 Å². The van der Waals surface area contributed by atoms with E-state index in [0.29, 0.717) is 27.6 Å². The fourth-order valence-corrected chi connectivity index (χ4v) is 4.04. The molecule has 0 fully saturated rings. The highest BCUT2D eigenvalue weighted by atomic mass is 35.5. The topological polar surface area (TPSA) is 82.4 Å². The van der Waals surface area contributed by atoms with Crippen molar-refractivity contribution in [3.8, 4) is 17.0 Å². The number of hydrogen-bond acceptors (Lipinski definition) is 5. The number of rotatable bonds is 3. The van der Waals surface area contributed by atoms with E-state index >= 15 is 0 Å². The van der Waals surface area contributed by atoms with Crippen LogP contribution in [0.25, 0.3) is 22.9 Å². The number of halogens is 4. The van der Waals surface area contributed by atoms with Crippen LogP contribution in [0.4, 0.5) is 13.2 Å². The van der Waals surface area contributed by atoms with Crippen molar-refractivity contribution < 1.29 is 32.3 Å². The molecule has 2 aromatic heterocycles. The van der Waals surface area contributed by atoms with Crippen molar-refractivity contribution in [1.29, 1.82) is 0 Å². The number of benzene rings is 1. The molecule has 1 aromatic carbocycles. The van der Waals surface area contributed by atoms with Crippen LogP contribution in [0, 0.1) is 0 Å². The zero-order valence-electron chi connectivity index (χ0n) is 17.3. The molecule has 0 saturated heterocycles. The third-order valence-corrected chi connectivity index (χ3v) is 5.66. The van der Waals surface area contributed by atoms with Crippen LogP contribution in [0.15, 0.2) is 42.6 Å². The highest BCUT2D eigenvalue weighted by molar-refractivity contribution is 6.30. The van der Waals surface area contributed by atoms with E-state index in [1.54, 1.807) is 30.3 Å². The number of amides is 1. The minimum Gasteiger partial charge on any atom is -0.488 e. The van der Waals surface area contributed by atoms with Crippen LogP contribution in [-0.4, -0.2) is 40.9 Å². The minimum atomic E-state index is -5.20. The quantitative estimate of drug-likeness (QED) is 0.602. The molecule has 5 rings (SSSR count). The van der Waals surface area contributed by atoms with Gasteiger partial charge in [-0.2, -0.15) is 17.9 Å². The second-order valence-corrected chi connectivity index (χ2v) is 8.07. The molecule has 7 nitrogen and oxygen atoms in total. The second-order valence-electron chi connectivity index (χ2n) is 7.64. The van der Waals surface area contributed by atoms with E-state index in [2.05, 4.69) is 10.3 Å². The number of fused-ring (bicyclic) bond motifs is 2. The molecular formula is C23H15ClF3N3O4. The molecule has 2 aliphatic heterocycles. The van der Waals surface area contributed by atoms with E-state index in [1.807, 2.05) is 6.08 Å². The van der Waals surface area contributed by atoms with E-state index in [-0.39, 0.29) is 36.5 Å². The Labute approximate surface area is 195 Å². The predicted octanol–water partition coefficient (Wildman–Crippen LogP) is 3.94. The lowest BCUT2D eigenvalue weighted by Crippen LogP contribution is -2.37. The molecule has 1 N–H and O–H groups in total. The first-order valence-electron chi connectivity index (χ1n) is 10.1. The summed E-state index contributed by atoms with van der Waals surface area (Å²) in [6, 6.07) is 9.79. The van der Waals surface area contributed by atoms with E-state index < -0.39 is 18.1 Å². The van der Waals surface area contributed by atoms with Gasteiger partial charge in [-0.25, -0.2) is 4.79 Å². The number of hydrogen-bond donors (Lipinski definition) is 1. The van der Waals surface area contributed by atoms with Gasteiger partial charge in [0.25, 0.3) is 5.91 Å². The van der Waals surface area contributed by atoms with Gasteiger partial charge < -0.3 is 14.9 Å². The molecule has 0 saturated carbocycles. The summed E-state index contributed by atoms with van der Waals surface area (Å²) in [5.41, 5.74) is 2.81. The van der Waals surface area contributed by atoms with Gasteiger partial charge in [0, 0.05) is 40.9 Å². The molecule has 34 heavy (non-hydrogen) atoms. The van der Waals surface area contributed by atoms with E-state index in [1.165, 1.54) is 12.3 Å². The molecule has 4 heterocycles. The summed E-state index contributed by atoms with van der Waals surface area (Å²) in [6.07, 6.45) is -1.67. The van der Waals surface area contributed by atoms with Crippen LogP contribution in [0.1, 0.15) is 27.3 Å². The molecule has 3 aromatic rings. The van der Waals surface area contributed by atoms with Crippen molar-refractivity contribution in [2.24, 2.45) is 0 Å². The average molecular weight is 490 g/mol. The van der Waals surface area contributed by atoms with Gasteiger partial charge in [0.05, 0.1) is 22.6 Å². The Morgan fingerprint density at radius 1 is 1.21 bits per heavy atom. The van der Waals surface area contributed by atoms with Crippen molar-refractivity contribution in [3.63, 3.8) is 0 Å². The SMILES string of the molecule is O=C1NCCc2c1cc(-c1ccnc(C3=Cc4cc(Cl)ccc4OC3)c1)n2OC(=O)C(F)(F)F. The first-order valence-corrected chi connectivity index (χ1v) is 10.5. The number of nitrogens with one attached hydrogen (secondary N) is 1. The summed E-state index contributed by atoms with van der Waals surface area (Å²) < 4.78 is 45.3. The number of carbonyl (C=O) groups is 2. The largest absolute Gasteiger partial charge is 0.493 e. The van der Waals surface area contributed by atoms with Crippen LogP contribution in [0.2, 0.25) is 5.02 Å². The fraction of sp³-hybridized carbons (Fsp3) is 0.174. The molecular weight excluding hydrogens is 475 g/mol. The summed E-state index contributed by atoms with van der Waals surface area (Å²) in [5, 5.41) is 3.16. The molecule has 0 aliphatic carbocycles. The van der Waals surface area contributed by atoms with Gasteiger partial charge >= 0.3 is 12.1 Å². The maximum atomic E-state index is 12.9. The lowest BCUT2D eigenvalue weighted by atomic mass is 10.0. The maximum absolute atomic E-state index is 12.9. The molecule has 0 atom stereocenters. The smallest absolute Gasteiger partial charge is 0.488 e. The Hall–Kier alpha value is -3.79. The summed E-state index contributed by atoms with van der Waals surface area (Å²) in [4.78, 5) is 33.0. The van der Waals surface area contributed by atoms with Crippen LogP contribution in [-0.2, 0) is 11.2 Å². The van der Waals surface area contributed by atoms with Crippen LogP contribution < -0.4 is 14.9 Å². The molecule has 174 valence electrons. The van der Waals surface area contributed by atoms with E-state index in [4.69, 9.17) is 21.2 Å². The van der Waals surface area contributed by atoms with Gasteiger partial charge in [-0.15, -0.1) is 0 Å². The standard InChI is InChI=1S/C23H15ClF3N3O4/c24-15-1-2-20-13(8-15)7-14(11-33-20)17-9-12(3-5-28-17)19-10-16-18(4-6-29-21(16)31)30(19)34-22(32)23(25,26)27/h1-3,5,7-10H,4,6,11H2,(H,29,31). The van der Waals surface area contributed by atoms with Crippen molar-refractivity contribution in [2.45, 2.75) is 12.6 Å². The van der Waals surface area contributed by atoms with Gasteiger partial charge in [-0.1, -0.05) is 11.6 Å². The fourth-order valence-electron chi connectivity index (χ4n) is 3.86. The first-order chi connectivity index (χ1) is 16.2. The number of aromatic nitrogens is 2. The summed E-state index contributed by atoms with van der Waals surface area (Å²) in [7, 11) is 0. The number of nitrogens with zero attached hydrogens (tertiary/aromatic N) is 2. The zero-order chi connectivity index (χ0) is 24.0. The Morgan fingerprint density at radius 2 is 2.03 bits per heavy atom. The van der Waals surface area contributed by atoms with Gasteiger partial charge in [0.2, 0.25) is 0 Å². The summed E-state index contributed by atoms with van der Waals surface area (Å²) in [5.74, 6) is -2.18. The van der Waals surface area contributed by atoms with Crippen molar-refractivity contribution >= 4 is 35.1 Å². The summed E-state index contributed by atoms with van der Waals surface area (Å²) in [6.45, 7) is 0.417. The molecule has 0 bridgehead atoms. The highest BCUT2D eigenvalue weighted by Gasteiger charge is 2.43. The van der Waals surface area contributed by atoms with E-state index in [9.17, 15) is 22.8 Å². The number of alkyl halides is 3. The number of ether oxygens (including phenoxy) is 1. The van der Waals surface area contributed by atoms with Crippen molar-refractivity contribution in [1.82, 2.24) is 15.0 Å². The Bertz CT molecular complexity index is 1360. The zero-order valence-corrected chi connectivity index (χ0v) is 18.0. The van der Waals surface area contributed by atoms with Gasteiger partial charge in [-0.3, -0.25) is 9.78 Å². The minimum absolute atomic E-state index is 0.115.